The van der Waals surface area contributed by atoms with Crippen molar-refractivity contribution in [3.63, 3.8) is 0 Å². The standard InChI is InChI=1S/C9H16N2O4S/c1-3-6-11(8-9(12)15-4-2)16(13,14)7-5-10/h3-4,6-8H2,1-2H3. The monoisotopic (exact) mass is 248 g/mol. The molecule has 0 spiro atoms. The van der Waals surface area contributed by atoms with Gasteiger partial charge in [-0.15, -0.1) is 0 Å². The van der Waals surface area contributed by atoms with Crippen molar-refractivity contribution in [2.75, 3.05) is 25.4 Å². The Balaban J connectivity index is 4.62. The summed E-state index contributed by atoms with van der Waals surface area (Å²) in [7, 11) is -3.68. The first kappa shape index (κ1) is 14.9. The highest BCUT2D eigenvalue weighted by Crippen LogP contribution is 2.03. The highest BCUT2D eigenvalue weighted by molar-refractivity contribution is 7.89. The van der Waals surface area contributed by atoms with Gasteiger partial charge in [-0.1, -0.05) is 6.92 Å². The van der Waals surface area contributed by atoms with Crippen molar-refractivity contribution in [2.24, 2.45) is 0 Å². The first-order chi connectivity index (χ1) is 7.47. The van der Waals surface area contributed by atoms with Crippen LogP contribution in [0.1, 0.15) is 20.3 Å². The minimum absolute atomic E-state index is 0.205. The number of rotatable bonds is 7. The van der Waals surface area contributed by atoms with Crippen LogP contribution in [0.4, 0.5) is 0 Å². The van der Waals surface area contributed by atoms with E-state index in [0.717, 1.165) is 4.31 Å². The van der Waals surface area contributed by atoms with Gasteiger partial charge in [-0.05, 0) is 13.3 Å². The number of carbonyl (C=O) groups is 1. The molecule has 0 heterocycles. The highest BCUT2D eigenvalue weighted by Gasteiger charge is 2.23. The van der Waals surface area contributed by atoms with Crippen molar-refractivity contribution in [1.29, 1.82) is 5.26 Å². The van der Waals surface area contributed by atoms with Gasteiger partial charge >= 0.3 is 5.97 Å². The number of hydrogen-bond acceptors (Lipinski definition) is 5. The van der Waals surface area contributed by atoms with Crippen LogP contribution in [-0.4, -0.2) is 44.1 Å². The van der Waals surface area contributed by atoms with Gasteiger partial charge in [-0.25, -0.2) is 8.42 Å². The molecule has 0 fully saturated rings. The predicted octanol–water partition coefficient (Wildman–Crippen LogP) is 0.115. The molecule has 0 unspecified atom stereocenters. The molecule has 0 aromatic carbocycles. The van der Waals surface area contributed by atoms with Gasteiger partial charge in [-0.3, -0.25) is 4.79 Å². The first-order valence-electron chi connectivity index (χ1n) is 4.98. The second kappa shape index (κ2) is 7.19. The van der Waals surface area contributed by atoms with E-state index in [-0.39, 0.29) is 19.7 Å². The zero-order chi connectivity index (χ0) is 12.6. The van der Waals surface area contributed by atoms with Gasteiger partial charge in [0, 0.05) is 6.54 Å². The number of carbonyl (C=O) groups excluding carboxylic acids is 1. The van der Waals surface area contributed by atoms with Crippen LogP contribution in [0.5, 0.6) is 0 Å². The van der Waals surface area contributed by atoms with Gasteiger partial charge in [0.1, 0.15) is 6.54 Å². The summed E-state index contributed by atoms with van der Waals surface area (Å²) in [5.74, 6) is -1.22. The third-order valence-corrected chi connectivity index (χ3v) is 3.32. The van der Waals surface area contributed by atoms with Crippen LogP contribution < -0.4 is 0 Å². The average Bonchev–Trinajstić information content (AvgIpc) is 2.17. The molecule has 92 valence electrons. The third-order valence-electron chi connectivity index (χ3n) is 1.72. The van der Waals surface area contributed by atoms with E-state index >= 15 is 0 Å². The summed E-state index contributed by atoms with van der Waals surface area (Å²) in [6.07, 6.45) is 0.573. The maximum Gasteiger partial charge on any atom is 0.321 e. The Morgan fingerprint density at radius 1 is 1.44 bits per heavy atom. The van der Waals surface area contributed by atoms with Crippen LogP contribution in [0.2, 0.25) is 0 Å². The normalized spacial score (nSPS) is 11.1. The van der Waals surface area contributed by atoms with Gasteiger partial charge in [0.05, 0.1) is 12.7 Å². The molecule has 0 aliphatic heterocycles. The van der Waals surface area contributed by atoms with Gasteiger partial charge in [-0.2, -0.15) is 9.57 Å². The predicted molar refractivity (Wildman–Crippen MR) is 57.9 cm³/mol. The van der Waals surface area contributed by atoms with E-state index in [9.17, 15) is 13.2 Å². The molecule has 0 aromatic heterocycles. The van der Waals surface area contributed by atoms with Crippen molar-refractivity contribution in [2.45, 2.75) is 20.3 Å². The Morgan fingerprint density at radius 3 is 2.50 bits per heavy atom. The van der Waals surface area contributed by atoms with E-state index in [0.29, 0.717) is 6.42 Å². The third kappa shape index (κ3) is 5.09. The van der Waals surface area contributed by atoms with Crippen molar-refractivity contribution >= 4 is 16.0 Å². The summed E-state index contributed by atoms with van der Waals surface area (Å²) in [5.41, 5.74) is 0. The van der Waals surface area contributed by atoms with E-state index in [1.165, 1.54) is 0 Å². The summed E-state index contributed by atoms with van der Waals surface area (Å²) in [6, 6.07) is 1.57. The molecule has 0 N–H and O–H groups in total. The Hall–Kier alpha value is -1.13. The molecule has 0 aromatic rings. The largest absolute Gasteiger partial charge is 0.465 e. The van der Waals surface area contributed by atoms with Gasteiger partial charge in [0.25, 0.3) is 0 Å². The lowest BCUT2D eigenvalue weighted by molar-refractivity contribution is -0.143. The summed E-state index contributed by atoms with van der Waals surface area (Å²) >= 11 is 0. The summed E-state index contributed by atoms with van der Waals surface area (Å²) < 4.78 is 28.8. The fourth-order valence-electron chi connectivity index (χ4n) is 1.09. The van der Waals surface area contributed by atoms with Crippen molar-refractivity contribution in [1.82, 2.24) is 4.31 Å². The smallest absolute Gasteiger partial charge is 0.321 e. The van der Waals surface area contributed by atoms with Crippen LogP contribution in [-0.2, 0) is 19.6 Å². The van der Waals surface area contributed by atoms with Gasteiger partial charge in [0.15, 0.2) is 5.75 Å². The number of ether oxygens (including phenoxy) is 1. The van der Waals surface area contributed by atoms with E-state index in [4.69, 9.17) is 5.26 Å². The molecule has 0 radical (unpaired) electrons. The van der Waals surface area contributed by atoms with Crippen LogP contribution in [0.25, 0.3) is 0 Å². The first-order valence-corrected chi connectivity index (χ1v) is 6.59. The lowest BCUT2D eigenvalue weighted by Crippen LogP contribution is -2.38. The summed E-state index contributed by atoms with van der Waals surface area (Å²) in [6.45, 7) is 3.53. The topological polar surface area (TPSA) is 87.5 Å². The maximum atomic E-state index is 11.6. The SMILES string of the molecule is CCCN(CC(=O)OCC)S(=O)(=O)CC#N. The van der Waals surface area contributed by atoms with Crippen LogP contribution in [0.15, 0.2) is 0 Å². The lowest BCUT2D eigenvalue weighted by atomic mass is 10.5. The van der Waals surface area contributed by atoms with Crippen LogP contribution >= 0.6 is 0 Å². The Morgan fingerprint density at radius 2 is 2.06 bits per heavy atom. The number of nitriles is 1. The van der Waals surface area contributed by atoms with Crippen LogP contribution in [0.3, 0.4) is 0 Å². The summed E-state index contributed by atoms with van der Waals surface area (Å²) in [5, 5.41) is 8.38. The highest BCUT2D eigenvalue weighted by atomic mass is 32.2. The molecular formula is C9H16N2O4S. The minimum atomic E-state index is -3.68. The number of sulfonamides is 1. The quantitative estimate of drug-likeness (QED) is 0.597. The lowest BCUT2D eigenvalue weighted by Gasteiger charge is -2.18. The molecule has 7 heteroatoms. The molecule has 0 aliphatic rings. The molecule has 0 atom stereocenters. The fourth-order valence-corrected chi connectivity index (χ4v) is 2.20. The molecule has 0 saturated carbocycles. The van der Waals surface area contributed by atoms with E-state index in [1.807, 2.05) is 0 Å². The number of nitrogens with zero attached hydrogens (tertiary/aromatic N) is 2. The average molecular weight is 248 g/mol. The second-order valence-electron chi connectivity index (χ2n) is 3.05. The van der Waals surface area contributed by atoms with E-state index < -0.39 is 21.7 Å². The van der Waals surface area contributed by atoms with Crippen molar-refractivity contribution in [3.05, 3.63) is 0 Å². The Labute approximate surface area is 95.8 Å². The fraction of sp³-hybridized carbons (Fsp3) is 0.778. The van der Waals surface area contributed by atoms with Gasteiger partial charge in [0.2, 0.25) is 10.0 Å². The molecule has 0 amide bonds. The molecule has 6 nitrogen and oxygen atoms in total. The molecule has 0 aliphatic carbocycles. The van der Waals surface area contributed by atoms with E-state index in [2.05, 4.69) is 4.74 Å². The number of hydrogen-bond donors (Lipinski definition) is 0. The summed E-state index contributed by atoms with van der Waals surface area (Å²) in [4.78, 5) is 11.2. The maximum absolute atomic E-state index is 11.6. The van der Waals surface area contributed by atoms with Crippen molar-refractivity contribution in [3.8, 4) is 6.07 Å². The Kier molecular flexibility index (Phi) is 6.69. The Bertz CT molecular complexity index is 358. The molecular weight excluding hydrogens is 232 g/mol. The number of esters is 1. The van der Waals surface area contributed by atoms with E-state index in [1.54, 1.807) is 19.9 Å². The molecule has 16 heavy (non-hydrogen) atoms. The molecule has 0 bridgehead atoms. The minimum Gasteiger partial charge on any atom is -0.465 e. The second-order valence-corrected chi connectivity index (χ2v) is 5.02. The van der Waals surface area contributed by atoms with Crippen molar-refractivity contribution < 1.29 is 17.9 Å². The molecule has 0 saturated heterocycles. The van der Waals surface area contributed by atoms with Gasteiger partial charge < -0.3 is 4.74 Å². The van der Waals surface area contributed by atoms with Crippen LogP contribution in [0, 0.1) is 11.3 Å². The zero-order valence-electron chi connectivity index (χ0n) is 9.47. The molecule has 0 rings (SSSR count). The zero-order valence-corrected chi connectivity index (χ0v) is 10.3.